The number of alkyl halides is 2. The van der Waals surface area contributed by atoms with Gasteiger partial charge in [-0.2, -0.15) is 8.78 Å². The summed E-state index contributed by atoms with van der Waals surface area (Å²) in [5.74, 6) is -1.35. The average molecular weight is 164 g/mol. The highest BCUT2D eigenvalue weighted by Gasteiger charge is 2.12. The fourth-order valence-electron chi connectivity index (χ4n) is 0.351. The lowest BCUT2D eigenvalue weighted by atomic mass is 10.5. The Morgan fingerprint density at radius 2 is 2.36 bits per heavy atom. The zero-order valence-corrected chi connectivity index (χ0v) is 5.50. The maximum absolute atomic E-state index is 11.4. The standard InChI is InChI=1S/C4H6F2N4O/c5-3(6)4(11)8-1-2-9-10-7/h3H,1-2H2,(H,8,11). The number of carbonyl (C=O) groups excluding carboxylic acids is 1. The van der Waals surface area contributed by atoms with Gasteiger partial charge < -0.3 is 5.32 Å². The summed E-state index contributed by atoms with van der Waals surface area (Å²) >= 11 is 0. The first-order valence-electron chi connectivity index (χ1n) is 2.75. The highest BCUT2D eigenvalue weighted by Crippen LogP contribution is 1.89. The molecule has 1 N–H and O–H groups in total. The Labute approximate surface area is 61.0 Å². The van der Waals surface area contributed by atoms with Crippen molar-refractivity contribution in [1.82, 2.24) is 5.32 Å². The monoisotopic (exact) mass is 164 g/mol. The van der Waals surface area contributed by atoms with E-state index in [4.69, 9.17) is 5.53 Å². The van der Waals surface area contributed by atoms with E-state index in [2.05, 4.69) is 10.0 Å². The number of halogens is 2. The lowest BCUT2D eigenvalue weighted by Gasteiger charge is -1.99. The molecule has 0 bridgehead atoms. The van der Waals surface area contributed by atoms with Crippen molar-refractivity contribution >= 4 is 5.91 Å². The number of hydrogen-bond donors (Lipinski definition) is 1. The second-order valence-electron chi connectivity index (χ2n) is 1.55. The van der Waals surface area contributed by atoms with Gasteiger partial charge in [-0.05, 0) is 5.53 Å². The van der Waals surface area contributed by atoms with Gasteiger partial charge in [0.05, 0.1) is 0 Å². The fraction of sp³-hybridized carbons (Fsp3) is 0.750. The van der Waals surface area contributed by atoms with Crippen LogP contribution < -0.4 is 5.32 Å². The van der Waals surface area contributed by atoms with Crippen LogP contribution in [-0.4, -0.2) is 25.4 Å². The molecule has 0 atom stereocenters. The van der Waals surface area contributed by atoms with E-state index >= 15 is 0 Å². The molecule has 0 aliphatic rings. The third-order valence-corrected chi connectivity index (χ3v) is 0.772. The first kappa shape index (κ1) is 9.64. The Morgan fingerprint density at radius 3 is 2.82 bits per heavy atom. The SMILES string of the molecule is [N-]=[N+]=NCCNC(=O)C(F)F. The van der Waals surface area contributed by atoms with E-state index in [-0.39, 0.29) is 13.1 Å². The van der Waals surface area contributed by atoms with Gasteiger partial charge in [-0.25, -0.2) is 0 Å². The molecule has 1 amide bonds. The molecule has 7 heteroatoms. The molecule has 0 aromatic carbocycles. The largest absolute Gasteiger partial charge is 0.351 e. The van der Waals surface area contributed by atoms with Crippen LogP contribution in [0.2, 0.25) is 0 Å². The van der Waals surface area contributed by atoms with E-state index in [1.54, 1.807) is 0 Å². The van der Waals surface area contributed by atoms with Gasteiger partial charge in [0.25, 0.3) is 5.91 Å². The molecule has 0 spiro atoms. The van der Waals surface area contributed by atoms with Crippen LogP contribution in [0.25, 0.3) is 10.4 Å². The highest BCUT2D eigenvalue weighted by molar-refractivity contribution is 5.78. The number of azide groups is 1. The van der Waals surface area contributed by atoms with Crippen molar-refractivity contribution in [2.75, 3.05) is 13.1 Å². The van der Waals surface area contributed by atoms with Crippen LogP contribution in [0, 0.1) is 0 Å². The molecular weight excluding hydrogens is 158 g/mol. The number of hydrogen-bond acceptors (Lipinski definition) is 2. The van der Waals surface area contributed by atoms with E-state index < -0.39 is 12.3 Å². The van der Waals surface area contributed by atoms with Crippen molar-refractivity contribution in [3.05, 3.63) is 10.4 Å². The van der Waals surface area contributed by atoms with Crippen molar-refractivity contribution in [1.29, 1.82) is 0 Å². The molecule has 0 radical (unpaired) electrons. The molecule has 0 heterocycles. The molecule has 0 fully saturated rings. The van der Waals surface area contributed by atoms with Gasteiger partial charge in [-0.3, -0.25) is 4.79 Å². The van der Waals surface area contributed by atoms with Gasteiger partial charge in [-0.15, -0.1) is 0 Å². The zero-order valence-electron chi connectivity index (χ0n) is 5.50. The van der Waals surface area contributed by atoms with Crippen LogP contribution in [-0.2, 0) is 4.79 Å². The summed E-state index contributed by atoms with van der Waals surface area (Å²) in [5, 5.41) is 4.89. The molecule has 5 nitrogen and oxygen atoms in total. The second kappa shape index (κ2) is 5.43. The number of rotatable bonds is 4. The van der Waals surface area contributed by atoms with E-state index in [0.717, 1.165) is 0 Å². The van der Waals surface area contributed by atoms with Crippen molar-refractivity contribution < 1.29 is 13.6 Å². The Morgan fingerprint density at radius 1 is 1.73 bits per heavy atom. The first-order valence-corrected chi connectivity index (χ1v) is 2.75. The molecule has 0 saturated heterocycles. The molecule has 0 aliphatic carbocycles. The molecular formula is C4H6F2N4O. The predicted molar refractivity (Wildman–Crippen MR) is 33.0 cm³/mol. The van der Waals surface area contributed by atoms with Crippen LogP contribution in [0.3, 0.4) is 0 Å². The van der Waals surface area contributed by atoms with E-state index in [1.807, 2.05) is 5.32 Å². The quantitative estimate of drug-likeness (QED) is 0.282. The molecule has 0 aromatic heterocycles. The molecule has 0 rings (SSSR count). The molecule has 62 valence electrons. The Balaban J connectivity index is 3.39. The maximum Gasteiger partial charge on any atom is 0.315 e. The van der Waals surface area contributed by atoms with Crippen LogP contribution in [0.4, 0.5) is 8.78 Å². The molecule has 0 unspecified atom stereocenters. The van der Waals surface area contributed by atoms with Crippen LogP contribution in [0.1, 0.15) is 0 Å². The van der Waals surface area contributed by atoms with Gasteiger partial charge in [0.15, 0.2) is 0 Å². The van der Waals surface area contributed by atoms with Gasteiger partial charge in [0, 0.05) is 18.0 Å². The minimum absolute atomic E-state index is 0.0189. The third-order valence-electron chi connectivity index (χ3n) is 0.772. The van der Waals surface area contributed by atoms with Gasteiger partial charge in [0.2, 0.25) is 0 Å². The second-order valence-corrected chi connectivity index (χ2v) is 1.55. The summed E-state index contributed by atoms with van der Waals surface area (Å²) < 4.78 is 22.8. The Kier molecular flexibility index (Phi) is 4.76. The summed E-state index contributed by atoms with van der Waals surface area (Å²) in [6.07, 6.45) is -3.01. The summed E-state index contributed by atoms with van der Waals surface area (Å²) in [6.45, 7) is -0.0812. The Bertz CT molecular complexity index is 177. The molecule has 0 aliphatic heterocycles. The van der Waals surface area contributed by atoms with Crippen LogP contribution >= 0.6 is 0 Å². The fourth-order valence-corrected chi connectivity index (χ4v) is 0.351. The zero-order chi connectivity index (χ0) is 8.69. The minimum Gasteiger partial charge on any atom is -0.351 e. The number of nitrogens with zero attached hydrogens (tertiary/aromatic N) is 3. The summed E-state index contributed by atoms with van der Waals surface area (Å²) in [6, 6.07) is 0. The highest BCUT2D eigenvalue weighted by atomic mass is 19.3. The van der Waals surface area contributed by atoms with Crippen molar-refractivity contribution in [2.24, 2.45) is 5.11 Å². The first-order chi connectivity index (χ1) is 5.18. The average Bonchev–Trinajstić information content (AvgIpc) is 1.97. The van der Waals surface area contributed by atoms with Crippen LogP contribution in [0.15, 0.2) is 5.11 Å². The molecule has 0 saturated carbocycles. The summed E-state index contributed by atoms with van der Waals surface area (Å²) in [5.41, 5.74) is 7.74. The van der Waals surface area contributed by atoms with Crippen LogP contribution in [0.5, 0.6) is 0 Å². The maximum atomic E-state index is 11.4. The van der Waals surface area contributed by atoms with Crippen molar-refractivity contribution in [3.8, 4) is 0 Å². The number of carbonyl (C=O) groups is 1. The van der Waals surface area contributed by atoms with E-state index in [9.17, 15) is 13.6 Å². The minimum atomic E-state index is -3.01. The predicted octanol–water partition coefficient (Wildman–Crippen LogP) is 0.678. The molecule has 11 heavy (non-hydrogen) atoms. The molecule has 0 aromatic rings. The Hall–Kier alpha value is -1.36. The summed E-state index contributed by atoms with van der Waals surface area (Å²) in [7, 11) is 0. The smallest absolute Gasteiger partial charge is 0.315 e. The normalized spacial score (nSPS) is 9.00. The van der Waals surface area contributed by atoms with Crippen molar-refractivity contribution in [3.63, 3.8) is 0 Å². The van der Waals surface area contributed by atoms with Gasteiger partial charge in [-0.1, -0.05) is 5.11 Å². The lowest BCUT2D eigenvalue weighted by molar-refractivity contribution is -0.131. The third kappa shape index (κ3) is 5.10. The topological polar surface area (TPSA) is 77.9 Å². The number of amides is 1. The van der Waals surface area contributed by atoms with E-state index in [0.29, 0.717) is 0 Å². The van der Waals surface area contributed by atoms with Gasteiger partial charge >= 0.3 is 6.43 Å². The number of nitrogens with one attached hydrogen (secondary N) is 1. The van der Waals surface area contributed by atoms with E-state index in [1.165, 1.54) is 0 Å². The lowest BCUT2D eigenvalue weighted by Crippen LogP contribution is -2.31. The van der Waals surface area contributed by atoms with Crippen molar-refractivity contribution in [2.45, 2.75) is 6.43 Å². The van der Waals surface area contributed by atoms with Gasteiger partial charge in [0.1, 0.15) is 0 Å². The summed E-state index contributed by atoms with van der Waals surface area (Å²) in [4.78, 5) is 12.5.